The molecule has 0 unspecified atom stereocenters. The van der Waals surface area contributed by atoms with E-state index < -0.39 is 0 Å². The fourth-order valence-corrected chi connectivity index (χ4v) is 2.75. The SMILES string of the molecule is CN(Cc1ccc(Oc2ccccc2)cc1)C(=O)C[C@H]1CNCCO1. The van der Waals surface area contributed by atoms with E-state index in [2.05, 4.69) is 5.32 Å². The molecule has 1 atom stereocenters. The standard InChI is InChI=1S/C20H24N2O3/c1-22(20(23)13-19-14-21-11-12-24-19)15-16-7-9-18(10-8-16)25-17-5-3-2-4-6-17/h2-10,19,21H,11-15H2,1H3/t19-/m0/s1. The van der Waals surface area contributed by atoms with Crippen LogP contribution in [0, 0.1) is 0 Å². The molecule has 0 bridgehead atoms. The van der Waals surface area contributed by atoms with Crippen molar-refractivity contribution in [1.29, 1.82) is 0 Å². The van der Waals surface area contributed by atoms with Gasteiger partial charge >= 0.3 is 0 Å². The van der Waals surface area contributed by atoms with E-state index in [9.17, 15) is 4.79 Å². The lowest BCUT2D eigenvalue weighted by Gasteiger charge is -2.25. The first-order chi connectivity index (χ1) is 12.2. The molecule has 2 aromatic carbocycles. The van der Waals surface area contributed by atoms with E-state index in [1.807, 2.05) is 61.6 Å². The summed E-state index contributed by atoms with van der Waals surface area (Å²) in [6, 6.07) is 17.5. The molecule has 3 rings (SSSR count). The Bertz CT molecular complexity index is 667. The molecule has 1 fully saturated rings. The maximum atomic E-state index is 12.3. The van der Waals surface area contributed by atoms with Crippen molar-refractivity contribution >= 4 is 5.91 Å². The highest BCUT2D eigenvalue weighted by molar-refractivity contribution is 5.76. The largest absolute Gasteiger partial charge is 0.457 e. The third-order valence-electron chi connectivity index (χ3n) is 4.15. The number of ether oxygens (including phenoxy) is 2. The number of benzene rings is 2. The molecule has 1 saturated heterocycles. The summed E-state index contributed by atoms with van der Waals surface area (Å²) in [7, 11) is 1.83. The third-order valence-corrected chi connectivity index (χ3v) is 4.15. The van der Waals surface area contributed by atoms with Gasteiger partial charge in [0, 0.05) is 26.7 Å². The van der Waals surface area contributed by atoms with Gasteiger partial charge < -0.3 is 19.7 Å². The number of nitrogens with one attached hydrogen (secondary N) is 1. The molecule has 1 N–H and O–H groups in total. The van der Waals surface area contributed by atoms with Crippen LogP contribution in [0.4, 0.5) is 0 Å². The zero-order valence-electron chi connectivity index (χ0n) is 14.5. The quantitative estimate of drug-likeness (QED) is 0.878. The van der Waals surface area contributed by atoms with Gasteiger partial charge in [-0.25, -0.2) is 0 Å². The smallest absolute Gasteiger partial charge is 0.225 e. The second kappa shape index (κ2) is 8.65. The molecule has 0 aromatic heterocycles. The van der Waals surface area contributed by atoms with Gasteiger partial charge in [0.1, 0.15) is 11.5 Å². The molecule has 25 heavy (non-hydrogen) atoms. The van der Waals surface area contributed by atoms with E-state index in [0.29, 0.717) is 19.6 Å². The van der Waals surface area contributed by atoms with Crippen LogP contribution in [0.2, 0.25) is 0 Å². The molecule has 0 saturated carbocycles. The second-order valence-electron chi connectivity index (χ2n) is 6.21. The maximum Gasteiger partial charge on any atom is 0.225 e. The minimum atomic E-state index is -0.0228. The highest BCUT2D eigenvalue weighted by Gasteiger charge is 2.19. The number of amides is 1. The van der Waals surface area contributed by atoms with E-state index in [0.717, 1.165) is 30.2 Å². The van der Waals surface area contributed by atoms with Crippen molar-refractivity contribution in [3.8, 4) is 11.5 Å². The van der Waals surface area contributed by atoms with Crippen LogP contribution < -0.4 is 10.1 Å². The van der Waals surface area contributed by atoms with Gasteiger partial charge in [0.25, 0.3) is 0 Å². The molecule has 0 spiro atoms. The van der Waals surface area contributed by atoms with Crippen LogP contribution in [0.3, 0.4) is 0 Å². The molecule has 0 radical (unpaired) electrons. The number of hydrogen-bond donors (Lipinski definition) is 1. The predicted octanol–water partition coefficient (Wildman–Crippen LogP) is 2.82. The third kappa shape index (κ3) is 5.31. The summed E-state index contributed by atoms with van der Waals surface area (Å²) in [4.78, 5) is 14.1. The molecule has 1 aliphatic heterocycles. The van der Waals surface area contributed by atoms with E-state index >= 15 is 0 Å². The molecule has 2 aromatic rings. The molecule has 1 heterocycles. The number of rotatable bonds is 6. The molecule has 5 nitrogen and oxygen atoms in total. The Morgan fingerprint density at radius 1 is 1.16 bits per heavy atom. The highest BCUT2D eigenvalue weighted by Crippen LogP contribution is 2.21. The van der Waals surface area contributed by atoms with Gasteiger partial charge in [0.15, 0.2) is 0 Å². The first kappa shape index (κ1) is 17.5. The first-order valence-electron chi connectivity index (χ1n) is 8.59. The number of carbonyl (C=O) groups is 1. The lowest BCUT2D eigenvalue weighted by molar-refractivity contribution is -0.133. The Labute approximate surface area is 148 Å². The van der Waals surface area contributed by atoms with Crippen LogP contribution in [-0.4, -0.2) is 43.7 Å². The van der Waals surface area contributed by atoms with E-state index in [1.54, 1.807) is 4.90 Å². The van der Waals surface area contributed by atoms with Crippen molar-refractivity contribution in [1.82, 2.24) is 10.2 Å². The Morgan fingerprint density at radius 3 is 2.56 bits per heavy atom. The van der Waals surface area contributed by atoms with Crippen LogP contribution >= 0.6 is 0 Å². The lowest BCUT2D eigenvalue weighted by Crippen LogP contribution is -2.41. The summed E-state index contributed by atoms with van der Waals surface area (Å²) in [5.41, 5.74) is 1.07. The van der Waals surface area contributed by atoms with Crippen molar-refractivity contribution in [3.05, 3.63) is 60.2 Å². The summed E-state index contributed by atoms with van der Waals surface area (Å²) < 4.78 is 11.4. The normalized spacial score (nSPS) is 17.1. The Balaban J connectivity index is 1.50. The van der Waals surface area contributed by atoms with Crippen molar-refractivity contribution in [2.45, 2.75) is 19.1 Å². The lowest BCUT2D eigenvalue weighted by atomic mass is 10.1. The van der Waals surface area contributed by atoms with Crippen LogP contribution in [0.25, 0.3) is 0 Å². The summed E-state index contributed by atoms with van der Waals surface area (Å²) in [5.74, 6) is 1.69. The van der Waals surface area contributed by atoms with E-state index in [4.69, 9.17) is 9.47 Å². The van der Waals surface area contributed by atoms with E-state index in [-0.39, 0.29) is 12.0 Å². The fraction of sp³-hybridized carbons (Fsp3) is 0.350. The van der Waals surface area contributed by atoms with Gasteiger partial charge in [0.05, 0.1) is 19.1 Å². The van der Waals surface area contributed by atoms with Gasteiger partial charge in [0.2, 0.25) is 5.91 Å². The number of morpholine rings is 1. The van der Waals surface area contributed by atoms with Gasteiger partial charge in [-0.3, -0.25) is 4.79 Å². The fourth-order valence-electron chi connectivity index (χ4n) is 2.75. The first-order valence-corrected chi connectivity index (χ1v) is 8.59. The average Bonchev–Trinajstić information content (AvgIpc) is 2.65. The number of carbonyl (C=O) groups excluding carboxylic acids is 1. The van der Waals surface area contributed by atoms with Crippen molar-refractivity contribution in [2.24, 2.45) is 0 Å². The average molecular weight is 340 g/mol. The summed E-state index contributed by atoms with van der Waals surface area (Å²) >= 11 is 0. The summed E-state index contributed by atoms with van der Waals surface area (Å²) in [6.07, 6.45) is 0.393. The minimum Gasteiger partial charge on any atom is -0.457 e. The molecule has 5 heteroatoms. The monoisotopic (exact) mass is 340 g/mol. The zero-order valence-corrected chi connectivity index (χ0v) is 14.5. The van der Waals surface area contributed by atoms with Crippen LogP contribution in [0.15, 0.2) is 54.6 Å². The van der Waals surface area contributed by atoms with E-state index in [1.165, 1.54) is 0 Å². The van der Waals surface area contributed by atoms with Gasteiger partial charge in [-0.15, -0.1) is 0 Å². The van der Waals surface area contributed by atoms with Crippen molar-refractivity contribution in [2.75, 3.05) is 26.7 Å². The van der Waals surface area contributed by atoms with Crippen LogP contribution in [0.5, 0.6) is 11.5 Å². The summed E-state index contributed by atoms with van der Waals surface area (Å²) in [6.45, 7) is 2.85. The number of hydrogen-bond acceptors (Lipinski definition) is 4. The van der Waals surface area contributed by atoms with Gasteiger partial charge in [-0.1, -0.05) is 30.3 Å². The number of nitrogens with zero attached hydrogens (tertiary/aromatic N) is 1. The maximum absolute atomic E-state index is 12.3. The molecule has 0 aliphatic carbocycles. The van der Waals surface area contributed by atoms with Crippen molar-refractivity contribution in [3.63, 3.8) is 0 Å². The Kier molecular flexibility index (Phi) is 6.04. The second-order valence-corrected chi connectivity index (χ2v) is 6.21. The Hall–Kier alpha value is -2.37. The van der Waals surface area contributed by atoms with Gasteiger partial charge in [-0.2, -0.15) is 0 Å². The molecule has 132 valence electrons. The Morgan fingerprint density at radius 2 is 1.88 bits per heavy atom. The zero-order chi connectivity index (χ0) is 17.5. The van der Waals surface area contributed by atoms with Crippen molar-refractivity contribution < 1.29 is 14.3 Å². The topological polar surface area (TPSA) is 50.8 Å². The highest BCUT2D eigenvalue weighted by atomic mass is 16.5. The van der Waals surface area contributed by atoms with Crippen LogP contribution in [-0.2, 0) is 16.1 Å². The minimum absolute atomic E-state index is 0.0228. The molecular formula is C20H24N2O3. The van der Waals surface area contributed by atoms with Gasteiger partial charge in [-0.05, 0) is 29.8 Å². The van der Waals surface area contributed by atoms with Crippen LogP contribution in [0.1, 0.15) is 12.0 Å². The molecule has 1 amide bonds. The molecular weight excluding hydrogens is 316 g/mol. The number of para-hydroxylation sites is 1. The molecule has 1 aliphatic rings. The summed E-state index contributed by atoms with van der Waals surface area (Å²) in [5, 5.41) is 3.25. The predicted molar refractivity (Wildman–Crippen MR) is 96.7 cm³/mol.